The van der Waals surface area contributed by atoms with Crippen LogP contribution in [0.5, 0.6) is 5.75 Å². The van der Waals surface area contributed by atoms with Gasteiger partial charge in [-0.1, -0.05) is 12.1 Å². The number of benzene rings is 1. The van der Waals surface area contributed by atoms with Gasteiger partial charge in [-0.25, -0.2) is 0 Å². The molecule has 4 heteroatoms. The molecule has 0 saturated carbocycles. The number of ether oxygens (including phenoxy) is 1. The molecule has 1 aliphatic heterocycles. The van der Waals surface area contributed by atoms with Gasteiger partial charge in [-0.3, -0.25) is 0 Å². The lowest BCUT2D eigenvalue weighted by Crippen LogP contribution is -2.42. The lowest BCUT2D eigenvalue weighted by atomic mass is 10.1. The van der Waals surface area contributed by atoms with Gasteiger partial charge in [0, 0.05) is 25.7 Å². The third-order valence-electron chi connectivity index (χ3n) is 2.75. The maximum Gasteiger partial charge on any atom is 0.120 e. The van der Waals surface area contributed by atoms with Gasteiger partial charge < -0.3 is 15.4 Å². The molecule has 2 N–H and O–H groups in total. The fourth-order valence-electron chi connectivity index (χ4n) is 2.01. The molecule has 0 aromatic heterocycles. The van der Waals surface area contributed by atoms with Crippen molar-refractivity contribution in [3.8, 4) is 5.75 Å². The monoisotopic (exact) mass is 270 g/mol. The molecule has 1 saturated heterocycles. The normalized spacial score (nSPS) is 20.1. The standard InChI is InChI=1S/C14H22N2O.ClH/c1-14(2,3)17-12-6-4-11(5-7-12)13-10-15-8-9-16-13;/h4-7,13,15-16H,8-10H2,1-3H3;1H/t13-;/m1./s1. The van der Waals surface area contributed by atoms with E-state index in [0.29, 0.717) is 6.04 Å². The zero-order valence-electron chi connectivity index (χ0n) is 11.3. The Labute approximate surface area is 116 Å². The second kappa shape index (κ2) is 6.41. The van der Waals surface area contributed by atoms with Crippen molar-refractivity contribution in [3.63, 3.8) is 0 Å². The van der Waals surface area contributed by atoms with Gasteiger partial charge in [-0.15, -0.1) is 12.4 Å². The van der Waals surface area contributed by atoms with Crippen LogP contribution in [-0.2, 0) is 0 Å². The van der Waals surface area contributed by atoms with Crippen LogP contribution in [0.15, 0.2) is 24.3 Å². The SMILES string of the molecule is CC(C)(C)Oc1ccc([C@H]2CNCCN2)cc1.Cl. The van der Waals surface area contributed by atoms with Gasteiger partial charge in [-0.2, -0.15) is 0 Å². The number of hydrogen-bond donors (Lipinski definition) is 2. The fourth-order valence-corrected chi connectivity index (χ4v) is 2.01. The minimum absolute atomic E-state index is 0. The van der Waals surface area contributed by atoms with Crippen LogP contribution in [0.1, 0.15) is 32.4 Å². The molecule has 1 aromatic carbocycles. The van der Waals surface area contributed by atoms with E-state index in [-0.39, 0.29) is 18.0 Å². The van der Waals surface area contributed by atoms with E-state index < -0.39 is 0 Å². The Morgan fingerprint density at radius 1 is 1.11 bits per heavy atom. The number of nitrogens with one attached hydrogen (secondary N) is 2. The van der Waals surface area contributed by atoms with Crippen LogP contribution >= 0.6 is 12.4 Å². The molecule has 0 unspecified atom stereocenters. The molecule has 2 rings (SSSR count). The van der Waals surface area contributed by atoms with E-state index in [4.69, 9.17) is 4.74 Å². The summed E-state index contributed by atoms with van der Waals surface area (Å²) >= 11 is 0. The van der Waals surface area contributed by atoms with E-state index >= 15 is 0 Å². The second-order valence-electron chi connectivity index (χ2n) is 5.49. The quantitative estimate of drug-likeness (QED) is 0.866. The van der Waals surface area contributed by atoms with Crippen molar-refractivity contribution in [3.05, 3.63) is 29.8 Å². The van der Waals surface area contributed by atoms with E-state index in [9.17, 15) is 0 Å². The smallest absolute Gasteiger partial charge is 0.120 e. The minimum atomic E-state index is -0.133. The Bertz CT molecular complexity index is 353. The zero-order chi connectivity index (χ0) is 12.3. The van der Waals surface area contributed by atoms with Gasteiger partial charge in [0.05, 0.1) is 0 Å². The molecule has 1 aliphatic rings. The molecule has 102 valence electrons. The molecule has 1 fully saturated rings. The maximum atomic E-state index is 5.81. The molecule has 1 heterocycles. The van der Waals surface area contributed by atoms with Crippen molar-refractivity contribution >= 4 is 12.4 Å². The third-order valence-corrected chi connectivity index (χ3v) is 2.75. The summed E-state index contributed by atoms with van der Waals surface area (Å²) < 4.78 is 5.81. The fraction of sp³-hybridized carbons (Fsp3) is 0.571. The number of halogens is 1. The van der Waals surface area contributed by atoms with Crippen molar-refractivity contribution in [2.75, 3.05) is 19.6 Å². The van der Waals surface area contributed by atoms with Gasteiger partial charge >= 0.3 is 0 Å². The van der Waals surface area contributed by atoms with Gasteiger partial charge in [0.2, 0.25) is 0 Å². The van der Waals surface area contributed by atoms with Crippen molar-refractivity contribution in [1.29, 1.82) is 0 Å². The first kappa shape index (κ1) is 15.3. The summed E-state index contributed by atoms with van der Waals surface area (Å²) in [5, 5.41) is 6.89. The van der Waals surface area contributed by atoms with Crippen molar-refractivity contribution in [2.45, 2.75) is 32.4 Å². The Balaban J connectivity index is 0.00000162. The Kier molecular flexibility index (Phi) is 5.45. The van der Waals surface area contributed by atoms with Gasteiger partial charge in [0.1, 0.15) is 11.4 Å². The summed E-state index contributed by atoms with van der Waals surface area (Å²) in [7, 11) is 0. The molecular formula is C14H23ClN2O. The molecule has 1 aromatic rings. The molecule has 0 radical (unpaired) electrons. The Morgan fingerprint density at radius 3 is 2.28 bits per heavy atom. The average molecular weight is 271 g/mol. The number of hydrogen-bond acceptors (Lipinski definition) is 3. The van der Waals surface area contributed by atoms with Crippen LogP contribution < -0.4 is 15.4 Å². The molecule has 0 aliphatic carbocycles. The van der Waals surface area contributed by atoms with Crippen molar-refractivity contribution < 1.29 is 4.74 Å². The highest BCUT2D eigenvalue weighted by molar-refractivity contribution is 5.85. The third kappa shape index (κ3) is 4.48. The van der Waals surface area contributed by atoms with Crippen LogP contribution in [0.25, 0.3) is 0 Å². The lowest BCUT2D eigenvalue weighted by Gasteiger charge is -2.25. The first-order valence-corrected chi connectivity index (χ1v) is 6.28. The highest BCUT2D eigenvalue weighted by Gasteiger charge is 2.15. The highest BCUT2D eigenvalue weighted by atomic mass is 35.5. The molecule has 3 nitrogen and oxygen atoms in total. The van der Waals surface area contributed by atoms with Crippen LogP contribution in [0.2, 0.25) is 0 Å². The highest BCUT2D eigenvalue weighted by Crippen LogP contribution is 2.21. The van der Waals surface area contributed by atoms with Crippen LogP contribution in [0.4, 0.5) is 0 Å². The molecule has 18 heavy (non-hydrogen) atoms. The average Bonchev–Trinajstić information content (AvgIpc) is 2.29. The molecule has 0 bridgehead atoms. The van der Waals surface area contributed by atoms with Crippen LogP contribution in [-0.4, -0.2) is 25.2 Å². The summed E-state index contributed by atoms with van der Waals surface area (Å²) in [6.07, 6.45) is 0. The summed E-state index contributed by atoms with van der Waals surface area (Å²) in [6, 6.07) is 8.82. The van der Waals surface area contributed by atoms with E-state index in [2.05, 4.69) is 55.7 Å². The van der Waals surface area contributed by atoms with Gasteiger partial charge in [0.15, 0.2) is 0 Å². The molecule has 0 amide bonds. The first-order chi connectivity index (χ1) is 8.04. The van der Waals surface area contributed by atoms with E-state index in [1.807, 2.05) is 0 Å². The number of rotatable bonds is 2. The summed E-state index contributed by atoms with van der Waals surface area (Å²) in [5.74, 6) is 0.935. The predicted molar refractivity (Wildman–Crippen MR) is 77.7 cm³/mol. The largest absolute Gasteiger partial charge is 0.488 e. The molecule has 1 atom stereocenters. The minimum Gasteiger partial charge on any atom is -0.488 e. The summed E-state index contributed by atoms with van der Waals surface area (Å²) in [4.78, 5) is 0. The molecule has 0 spiro atoms. The Hall–Kier alpha value is -0.770. The second-order valence-corrected chi connectivity index (χ2v) is 5.49. The maximum absolute atomic E-state index is 5.81. The molecular weight excluding hydrogens is 248 g/mol. The summed E-state index contributed by atoms with van der Waals surface area (Å²) in [5.41, 5.74) is 1.19. The predicted octanol–water partition coefficient (Wildman–Crippen LogP) is 2.52. The zero-order valence-corrected chi connectivity index (χ0v) is 12.1. The number of piperazine rings is 1. The van der Waals surface area contributed by atoms with E-state index in [1.54, 1.807) is 0 Å². The Morgan fingerprint density at radius 2 is 1.78 bits per heavy atom. The van der Waals surface area contributed by atoms with E-state index in [0.717, 1.165) is 25.4 Å². The van der Waals surface area contributed by atoms with E-state index in [1.165, 1.54) is 5.56 Å². The lowest BCUT2D eigenvalue weighted by molar-refractivity contribution is 0.131. The first-order valence-electron chi connectivity index (χ1n) is 6.28. The van der Waals surface area contributed by atoms with Gasteiger partial charge in [-0.05, 0) is 38.5 Å². The van der Waals surface area contributed by atoms with Crippen molar-refractivity contribution in [2.24, 2.45) is 0 Å². The topological polar surface area (TPSA) is 33.3 Å². The van der Waals surface area contributed by atoms with Crippen LogP contribution in [0, 0.1) is 0 Å². The van der Waals surface area contributed by atoms with Crippen molar-refractivity contribution in [1.82, 2.24) is 10.6 Å². The summed E-state index contributed by atoms with van der Waals surface area (Å²) in [6.45, 7) is 9.28. The van der Waals surface area contributed by atoms with Crippen LogP contribution in [0.3, 0.4) is 0 Å². The van der Waals surface area contributed by atoms with Gasteiger partial charge in [0.25, 0.3) is 0 Å².